The Balaban J connectivity index is 1.70. The molecule has 0 unspecified atom stereocenters. The van der Waals surface area contributed by atoms with E-state index < -0.39 is 0 Å². The van der Waals surface area contributed by atoms with E-state index in [2.05, 4.69) is 52.2 Å². The van der Waals surface area contributed by atoms with Crippen LogP contribution in [0, 0.1) is 0 Å². The number of benzene rings is 1. The van der Waals surface area contributed by atoms with Crippen LogP contribution in [0.25, 0.3) is 0 Å². The topological polar surface area (TPSA) is 42.0 Å². The maximum Gasteiger partial charge on any atom is 0.226 e. The van der Waals surface area contributed by atoms with Crippen LogP contribution in [0.4, 0.5) is 0 Å². The summed E-state index contributed by atoms with van der Waals surface area (Å²) in [6, 6.07) is 8.25. The molecule has 0 atom stereocenters. The predicted octanol–water partition coefficient (Wildman–Crippen LogP) is 4.77. The van der Waals surface area contributed by atoms with Crippen molar-refractivity contribution in [2.75, 3.05) is 0 Å². The highest BCUT2D eigenvalue weighted by Crippen LogP contribution is 2.42. The molecule has 23 heavy (non-hydrogen) atoms. The van der Waals surface area contributed by atoms with Crippen LogP contribution >= 0.6 is 27.3 Å². The second-order valence-corrected chi connectivity index (χ2v) is 8.31. The number of halogens is 1. The summed E-state index contributed by atoms with van der Waals surface area (Å²) in [6.07, 6.45) is 3.52. The minimum atomic E-state index is -0.197. The molecule has 1 N–H and O–H groups in total. The molecule has 1 heterocycles. The van der Waals surface area contributed by atoms with Gasteiger partial charge in [0.1, 0.15) is 0 Å². The molecule has 2 aromatic rings. The zero-order valence-corrected chi connectivity index (χ0v) is 15.8. The third kappa shape index (κ3) is 3.66. The van der Waals surface area contributed by atoms with E-state index in [0.717, 1.165) is 34.4 Å². The maximum atomic E-state index is 12.5. The molecule has 1 aliphatic carbocycles. The van der Waals surface area contributed by atoms with Gasteiger partial charge in [-0.25, -0.2) is 4.98 Å². The Kier molecular flexibility index (Phi) is 4.87. The van der Waals surface area contributed by atoms with E-state index in [1.165, 1.54) is 5.56 Å². The standard InChI is InChI=1S/C18H21BrN2OS/c1-12(2)17-20-15(11-23-17)10-16(22)21-18(7-4-8-18)13-5-3-6-14(19)9-13/h3,5-6,9,11-12H,4,7-8,10H2,1-2H3,(H,21,22). The highest BCUT2D eigenvalue weighted by molar-refractivity contribution is 9.10. The predicted molar refractivity (Wildman–Crippen MR) is 97.7 cm³/mol. The van der Waals surface area contributed by atoms with Crippen LogP contribution in [0.5, 0.6) is 0 Å². The molecule has 0 spiro atoms. The summed E-state index contributed by atoms with van der Waals surface area (Å²) in [5, 5.41) is 6.36. The summed E-state index contributed by atoms with van der Waals surface area (Å²) in [5.41, 5.74) is 1.87. The first-order valence-electron chi connectivity index (χ1n) is 8.00. The van der Waals surface area contributed by atoms with Gasteiger partial charge in [0, 0.05) is 15.8 Å². The summed E-state index contributed by atoms with van der Waals surface area (Å²) in [5.74, 6) is 0.474. The third-order valence-corrected chi connectivity index (χ3v) is 6.06. The molecule has 122 valence electrons. The van der Waals surface area contributed by atoms with Crippen molar-refractivity contribution in [3.8, 4) is 0 Å². The van der Waals surface area contributed by atoms with Gasteiger partial charge in [-0.3, -0.25) is 4.79 Å². The monoisotopic (exact) mass is 392 g/mol. The van der Waals surface area contributed by atoms with Crippen LogP contribution in [-0.2, 0) is 16.8 Å². The second kappa shape index (κ2) is 6.73. The number of carbonyl (C=O) groups excluding carboxylic acids is 1. The molecule has 3 nitrogen and oxygen atoms in total. The molecule has 1 saturated carbocycles. The minimum absolute atomic E-state index is 0.0604. The van der Waals surface area contributed by atoms with Crippen molar-refractivity contribution in [1.29, 1.82) is 0 Å². The molecule has 5 heteroatoms. The Bertz CT molecular complexity index is 707. The number of hydrogen-bond donors (Lipinski definition) is 1. The molecule has 1 aromatic carbocycles. The average Bonchev–Trinajstić information content (AvgIpc) is 2.91. The van der Waals surface area contributed by atoms with Crippen molar-refractivity contribution in [2.45, 2.75) is 51.0 Å². The lowest BCUT2D eigenvalue weighted by molar-refractivity contribution is -0.123. The highest BCUT2D eigenvalue weighted by Gasteiger charge is 2.40. The molecule has 1 aromatic heterocycles. The minimum Gasteiger partial charge on any atom is -0.346 e. The van der Waals surface area contributed by atoms with E-state index in [-0.39, 0.29) is 11.4 Å². The molecular weight excluding hydrogens is 372 g/mol. The van der Waals surface area contributed by atoms with Crippen molar-refractivity contribution >= 4 is 33.2 Å². The summed E-state index contributed by atoms with van der Waals surface area (Å²) in [4.78, 5) is 17.1. The molecule has 1 fully saturated rings. The fraction of sp³-hybridized carbons (Fsp3) is 0.444. The summed E-state index contributed by atoms with van der Waals surface area (Å²) < 4.78 is 1.05. The van der Waals surface area contributed by atoms with Gasteiger partial charge < -0.3 is 5.32 Å². The van der Waals surface area contributed by atoms with Gasteiger partial charge in [0.2, 0.25) is 5.91 Å². The van der Waals surface area contributed by atoms with Crippen LogP contribution in [0.3, 0.4) is 0 Å². The third-order valence-electron chi connectivity index (χ3n) is 4.37. The first-order valence-corrected chi connectivity index (χ1v) is 9.67. The van der Waals surface area contributed by atoms with Crippen molar-refractivity contribution in [2.24, 2.45) is 0 Å². The zero-order valence-electron chi connectivity index (χ0n) is 13.4. The molecular formula is C18H21BrN2OS. The number of nitrogens with zero attached hydrogens (tertiary/aromatic N) is 1. The van der Waals surface area contributed by atoms with E-state index >= 15 is 0 Å². The van der Waals surface area contributed by atoms with Crippen LogP contribution < -0.4 is 5.32 Å². The Morgan fingerprint density at radius 2 is 2.22 bits per heavy atom. The Hall–Kier alpha value is -1.20. The summed E-state index contributed by atoms with van der Waals surface area (Å²) in [6.45, 7) is 4.25. The highest BCUT2D eigenvalue weighted by atomic mass is 79.9. The van der Waals surface area contributed by atoms with Crippen LogP contribution in [0.1, 0.15) is 55.3 Å². The smallest absolute Gasteiger partial charge is 0.226 e. The molecule has 1 amide bonds. The Morgan fingerprint density at radius 1 is 1.43 bits per heavy atom. The summed E-state index contributed by atoms with van der Waals surface area (Å²) >= 11 is 5.16. The second-order valence-electron chi connectivity index (χ2n) is 6.50. The molecule has 3 rings (SSSR count). The molecule has 0 saturated heterocycles. The number of nitrogens with one attached hydrogen (secondary N) is 1. The number of aromatic nitrogens is 1. The lowest BCUT2D eigenvalue weighted by atomic mass is 9.71. The summed E-state index contributed by atoms with van der Waals surface area (Å²) in [7, 11) is 0. The van der Waals surface area contributed by atoms with E-state index in [9.17, 15) is 4.79 Å². The molecule has 1 aliphatic rings. The SMILES string of the molecule is CC(C)c1nc(CC(=O)NC2(c3cccc(Br)c3)CCC2)cs1. The van der Waals surface area contributed by atoms with E-state index in [4.69, 9.17) is 0 Å². The maximum absolute atomic E-state index is 12.5. The van der Waals surface area contributed by atoms with Crippen molar-refractivity contribution < 1.29 is 4.79 Å². The van der Waals surface area contributed by atoms with Crippen LogP contribution in [-0.4, -0.2) is 10.9 Å². The van der Waals surface area contributed by atoms with Crippen LogP contribution in [0.2, 0.25) is 0 Å². The van der Waals surface area contributed by atoms with Gasteiger partial charge >= 0.3 is 0 Å². The van der Waals surface area contributed by atoms with Crippen molar-refractivity contribution in [1.82, 2.24) is 10.3 Å². The van der Waals surface area contributed by atoms with Gasteiger partial charge in [0.05, 0.1) is 22.7 Å². The van der Waals surface area contributed by atoms with Crippen LogP contribution in [0.15, 0.2) is 34.1 Å². The Labute approximate surface area is 149 Å². The number of hydrogen-bond acceptors (Lipinski definition) is 3. The number of carbonyl (C=O) groups is 1. The number of amides is 1. The van der Waals surface area contributed by atoms with E-state index in [1.807, 2.05) is 17.5 Å². The first-order chi connectivity index (χ1) is 11.0. The quantitative estimate of drug-likeness (QED) is 0.795. The van der Waals surface area contributed by atoms with Crippen molar-refractivity contribution in [3.05, 3.63) is 50.4 Å². The van der Waals surface area contributed by atoms with Gasteiger partial charge in [0.15, 0.2) is 0 Å². The lowest BCUT2D eigenvalue weighted by Gasteiger charge is -2.43. The first kappa shape index (κ1) is 16.7. The zero-order chi connectivity index (χ0) is 16.4. The fourth-order valence-corrected chi connectivity index (χ4v) is 4.18. The lowest BCUT2D eigenvalue weighted by Crippen LogP contribution is -2.51. The Morgan fingerprint density at radius 3 is 2.78 bits per heavy atom. The van der Waals surface area contributed by atoms with Gasteiger partial charge in [0.25, 0.3) is 0 Å². The molecule has 0 radical (unpaired) electrons. The normalized spacial score (nSPS) is 16.2. The van der Waals surface area contributed by atoms with Crippen molar-refractivity contribution in [3.63, 3.8) is 0 Å². The molecule has 0 aliphatic heterocycles. The average molecular weight is 393 g/mol. The largest absolute Gasteiger partial charge is 0.346 e. The van der Waals surface area contributed by atoms with Gasteiger partial charge in [-0.1, -0.05) is 41.9 Å². The van der Waals surface area contributed by atoms with Gasteiger partial charge in [-0.15, -0.1) is 11.3 Å². The fourth-order valence-electron chi connectivity index (χ4n) is 2.95. The molecule has 0 bridgehead atoms. The number of rotatable bonds is 5. The van der Waals surface area contributed by atoms with Gasteiger partial charge in [-0.2, -0.15) is 0 Å². The number of thiazole rings is 1. The van der Waals surface area contributed by atoms with E-state index in [1.54, 1.807) is 11.3 Å². The van der Waals surface area contributed by atoms with Gasteiger partial charge in [-0.05, 0) is 37.0 Å². The van der Waals surface area contributed by atoms with E-state index in [0.29, 0.717) is 12.3 Å².